The maximum Gasteiger partial charge on any atom is 0.307 e. The van der Waals surface area contributed by atoms with Crippen molar-refractivity contribution in [2.45, 2.75) is 13.0 Å². The zero-order valence-electron chi connectivity index (χ0n) is 16.8. The molecule has 0 saturated carbocycles. The smallest absolute Gasteiger partial charge is 0.307 e. The highest BCUT2D eigenvalue weighted by atomic mass is 32.1. The van der Waals surface area contributed by atoms with E-state index in [0.717, 1.165) is 10.2 Å². The SMILES string of the molecule is COC(=O)CCn1c(=NC(=O)/C=C/c2ccc([N+](=O)[O-])cc2)sc2cc3c(cc21)OCO3. The Kier molecular flexibility index (Phi) is 5.99. The summed E-state index contributed by atoms with van der Waals surface area (Å²) in [7, 11) is 1.31. The number of rotatable bonds is 6. The van der Waals surface area contributed by atoms with Gasteiger partial charge in [0.25, 0.3) is 11.6 Å². The molecule has 1 aliphatic heterocycles. The van der Waals surface area contributed by atoms with Crippen LogP contribution in [0.2, 0.25) is 0 Å². The van der Waals surface area contributed by atoms with E-state index in [1.165, 1.54) is 42.7 Å². The summed E-state index contributed by atoms with van der Waals surface area (Å²) in [5, 5.41) is 10.7. The number of aromatic nitrogens is 1. The minimum absolute atomic E-state index is 0.0325. The highest BCUT2D eigenvalue weighted by Crippen LogP contribution is 2.37. The summed E-state index contributed by atoms with van der Waals surface area (Å²) in [5.41, 5.74) is 1.35. The first-order valence-electron chi connectivity index (χ1n) is 9.45. The monoisotopic (exact) mass is 455 g/mol. The van der Waals surface area contributed by atoms with Crippen molar-refractivity contribution in [3.05, 3.63) is 63.0 Å². The standard InChI is InChI=1S/C21H17N3O7S/c1-29-20(26)8-9-23-15-10-16-17(31-12-30-16)11-18(15)32-21(23)22-19(25)7-4-13-2-5-14(6-3-13)24(27)28/h2-7,10-11H,8-9,12H2,1H3/b7-4+,22-21?. The van der Waals surface area contributed by atoms with Crippen molar-refractivity contribution in [3.8, 4) is 11.5 Å². The molecular weight excluding hydrogens is 438 g/mol. The summed E-state index contributed by atoms with van der Waals surface area (Å²) in [6.45, 7) is 0.405. The highest BCUT2D eigenvalue weighted by Gasteiger charge is 2.18. The molecule has 0 N–H and O–H groups in total. The van der Waals surface area contributed by atoms with E-state index in [0.29, 0.717) is 21.9 Å². The number of nitro benzene ring substituents is 1. The van der Waals surface area contributed by atoms with Crippen molar-refractivity contribution < 1.29 is 28.7 Å². The van der Waals surface area contributed by atoms with E-state index in [4.69, 9.17) is 14.2 Å². The van der Waals surface area contributed by atoms with Crippen LogP contribution >= 0.6 is 11.3 Å². The zero-order valence-corrected chi connectivity index (χ0v) is 17.7. The van der Waals surface area contributed by atoms with Crippen LogP contribution in [-0.4, -0.2) is 35.3 Å². The van der Waals surface area contributed by atoms with Crippen LogP contribution in [0.5, 0.6) is 11.5 Å². The lowest BCUT2D eigenvalue weighted by Gasteiger charge is -2.05. The van der Waals surface area contributed by atoms with Gasteiger partial charge in [-0.25, -0.2) is 0 Å². The second-order valence-electron chi connectivity index (χ2n) is 6.67. The Morgan fingerprint density at radius 1 is 1.25 bits per heavy atom. The summed E-state index contributed by atoms with van der Waals surface area (Å²) in [4.78, 5) is 39.0. The van der Waals surface area contributed by atoms with Gasteiger partial charge in [0.15, 0.2) is 16.3 Å². The van der Waals surface area contributed by atoms with Crippen LogP contribution in [0.3, 0.4) is 0 Å². The normalized spacial score (nSPS) is 13.1. The lowest BCUT2D eigenvalue weighted by atomic mass is 10.2. The van der Waals surface area contributed by atoms with Gasteiger partial charge in [-0.1, -0.05) is 11.3 Å². The third-order valence-corrected chi connectivity index (χ3v) is 5.71. The molecule has 10 nitrogen and oxygen atoms in total. The molecule has 1 aliphatic rings. The molecule has 0 aliphatic carbocycles. The van der Waals surface area contributed by atoms with Gasteiger partial charge in [-0.3, -0.25) is 19.7 Å². The first kappa shape index (κ1) is 21.2. The van der Waals surface area contributed by atoms with Gasteiger partial charge in [0.1, 0.15) is 0 Å². The minimum atomic E-state index is -0.512. The van der Waals surface area contributed by atoms with Crippen molar-refractivity contribution >= 4 is 45.2 Å². The fourth-order valence-corrected chi connectivity index (χ4v) is 4.14. The lowest BCUT2D eigenvalue weighted by Crippen LogP contribution is -2.18. The van der Waals surface area contributed by atoms with Gasteiger partial charge in [-0.15, -0.1) is 0 Å². The number of esters is 1. The van der Waals surface area contributed by atoms with E-state index in [-0.39, 0.29) is 31.4 Å². The molecule has 164 valence electrons. The molecule has 0 spiro atoms. The van der Waals surface area contributed by atoms with Gasteiger partial charge in [0.2, 0.25) is 6.79 Å². The van der Waals surface area contributed by atoms with Gasteiger partial charge >= 0.3 is 5.97 Å². The fraction of sp³-hybridized carbons (Fsp3) is 0.190. The molecule has 11 heteroatoms. The molecule has 1 aromatic heterocycles. The largest absolute Gasteiger partial charge is 0.469 e. The summed E-state index contributed by atoms with van der Waals surface area (Å²) < 4.78 is 18.2. The van der Waals surface area contributed by atoms with Crippen molar-refractivity contribution in [1.29, 1.82) is 0 Å². The maximum absolute atomic E-state index is 12.5. The van der Waals surface area contributed by atoms with Gasteiger partial charge in [0.05, 0.1) is 28.7 Å². The van der Waals surface area contributed by atoms with E-state index in [1.54, 1.807) is 22.8 Å². The number of nitrogens with zero attached hydrogens (tertiary/aromatic N) is 3. The van der Waals surface area contributed by atoms with Crippen molar-refractivity contribution in [3.63, 3.8) is 0 Å². The average molecular weight is 455 g/mol. The predicted molar refractivity (Wildman–Crippen MR) is 115 cm³/mol. The number of aryl methyl sites for hydroxylation is 1. The number of carbonyl (C=O) groups is 2. The number of amides is 1. The Labute approximate surface area is 185 Å². The van der Waals surface area contributed by atoms with E-state index in [1.807, 2.05) is 6.07 Å². The number of ether oxygens (including phenoxy) is 3. The number of methoxy groups -OCH3 is 1. The molecule has 0 saturated heterocycles. The number of hydrogen-bond donors (Lipinski definition) is 0. The Morgan fingerprint density at radius 3 is 2.66 bits per heavy atom. The van der Waals surface area contributed by atoms with Gasteiger partial charge in [-0.2, -0.15) is 4.99 Å². The topological polar surface area (TPSA) is 122 Å². The Hall–Kier alpha value is -3.99. The lowest BCUT2D eigenvalue weighted by molar-refractivity contribution is -0.384. The molecule has 2 aromatic carbocycles. The van der Waals surface area contributed by atoms with Crippen LogP contribution in [0, 0.1) is 10.1 Å². The van der Waals surface area contributed by atoms with Crippen LogP contribution in [-0.2, 0) is 20.9 Å². The number of thiazole rings is 1. The molecule has 4 rings (SSSR count). The molecule has 0 unspecified atom stereocenters. The molecule has 3 aromatic rings. The number of non-ortho nitro benzene ring substituents is 1. The van der Waals surface area contributed by atoms with Crippen LogP contribution < -0.4 is 14.3 Å². The number of hydrogen-bond acceptors (Lipinski definition) is 8. The Morgan fingerprint density at radius 2 is 1.97 bits per heavy atom. The Balaban J connectivity index is 1.65. The fourth-order valence-electron chi connectivity index (χ4n) is 3.07. The minimum Gasteiger partial charge on any atom is -0.469 e. The summed E-state index contributed by atoms with van der Waals surface area (Å²) in [6, 6.07) is 9.41. The second kappa shape index (κ2) is 9.02. The van der Waals surface area contributed by atoms with E-state index >= 15 is 0 Å². The van der Waals surface area contributed by atoms with Crippen molar-refractivity contribution in [2.75, 3.05) is 13.9 Å². The summed E-state index contributed by atoms with van der Waals surface area (Å²) in [6.07, 6.45) is 2.91. The van der Waals surface area contributed by atoms with Crippen LogP contribution in [0.1, 0.15) is 12.0 Å². The van der Waals surface area contributed by atoms with Gasteiger partial charge < -0.3 is 18.8 Å². The van der Waals surface area contributed by atoms with Gasteiger partial charge in [0, 0.05) is 36.9 Å². The highest BCUT2D eigenvalue weighted by molar-refractivity contribution is 7.16. The Bertz CT molecular complexity index is 1310. The molecule has 0 radical (unpaired) electrons. The summed E-state index contributed by atoms with van der Waals surface area (Å²) in [5.74, 6) is 0.294. The third-order valence-electron chi connectivity index (χ3n) is 4.67. The number of benzene rings is 2. The average Bonchev–Trinajstić information content (AvgIpc) is 3.37. The molecule has 2 heterocycles. The van der Waals surface area contributed by atoms with Crippen LogP contribution in [0.25, 0.3) is 16.3 Å². The molecule has 1 amide bonds. The second-order valence-corrected chi connectivity index (χ2v) is 7.68. The third kappa shape index (κ3) is 4.52. The first-order valence-corrected chi connectivity index (χ1v) is 10.3. The number of nitro groups is 1. The number of fused-ring (bicyclic) bond motifs is 2. The molecule has 32 heavy (non-hydrogen) atoms. The number of carbonyl (C=O) groups excluding carboxylic acids is 2. The van der Waals surface area contributed by atoms with Crippen molar-refractivity contribution in [2.24, 2.45) is 4.99 Å². The quantitative estimate of drug-likeness (QED) is 0.242. The van der Waals surface area contributed by atoms with Crippen LogP contribution in [0.4, 0.5) is 5.69 Å². The van der Waals surface area contributed by atoms with E-state index < -0.39 is 10.8 Å². The zero-order chi connectivity index (χ0) is 22.7. The predicted octanol–water partition coefficient (Wildman–Crippen LogP) is 3.04. The maximum atomic E-state index is 12.5. The van der Waals surface area contributed by atoms with Crippen LogP contribution in [0.15, 0.2) is 47.5 Å². The summed E-state index contributed by atoms with van der Waals surface area (Å²) >= 11 is 1.28. The van der Waals surface area contributed by atoms with Gasteiger partial charge in [-0.05, 0) is 23.8 Å². The van der Waals surface area contributed by atoms with E-state index in [9.17, 15) is 19.7 Å². The first-order chi connectivity index (χ1) is 15.4. The molecule has 0 bridgehead atoms. The van der Waals surface area contributed by atoms with E-state index in [2.05, 4.69) is 4.99 Å². The molecule has 0 fully saturated rings. The molecule has 0 atom stereocenters. The van der Waals surface area contributed by atoms with Crippen molar-refractivity contribution in [1.82, 2.24) is 4.57 Å². The molecular formula is C21H17N3O7S.